The Labute approximate surface area is 136 Å². The lowest BCUT2D eigenvalue weighted by Crippen LogP contribution is -2.42. The second kappa shape index (κ2) is 6.14. The molecule has 23 heavy (non-hydrogen) atoms. The maximum Gasteiger partial charge on any atom is 0.410 e. The van der Waals surface area contributed by atoms with Crippen LogP contribution in [0.4, 0.5) is 4.79 Å². The molecule has 1 atom stereocenters. The largest absolute Gasteiger partial charge is 0.489 e. The fraction of sp³-hybridized carbons (Fsp3) is 0.500. The lowest BCUT2D eigenvalue weighted by atomic mass is 10.2. The van der Waals surface area contributed by atoms with E-state index in [1.54, 1.807) is 4.90 Å². The van der Waals surface area contributed by atoms with E-state index < -0.39 is 5.60 Å². The first-order valence-corrected chi connectivity index (χ1v) is 8.12. The second-order valence-electron chi connectivity index (χ2n) is 6.98. The van der Waals surface area contributed by atoms with Crippen molar-refractivity contribution in [1.82, 2.24) is 9.88 Å². The molecule has 0 bridgehead atoms. The number of amides is 1. The maximum atomic E-state index is 12.3. The predicted octanol–water partition coefficient (Wildman–Crippen LogP) is 3.95. The van der Waals surface area contributed by atoms with E-state index in [4.69, 9.17) is 9.47 Å². The van der Waals surface area contributed by atoms with Crippen molar-refractivity contribution in [3.8, 4) is 5.75 Å². The highest BCUT2D eigenvalue weighted by atomic mass is 16.6. The Morgan fingerprint density at radius 1 is 1.35 bits per heavy atom. The number of para-hydroxylation sites is 1. The topological polar surface area (TPSA) is 54.6 Å². The Hall–Kier alpha value is -2.17. The molecule has 1 fully saturated rings. The number of H-pyrrole nitrogens is 1. The molecule has 1 aliphatic rings. The Morgan fingerprint density at radius 3 is 2.96 bits per heavy atom. The maximum absolute atomic E-state index is 12.3. The number of fused-ring (bicyclic) bond motifs is 1. The fourth-order valence-corrected chi connectivity index (χ4v) is 2.93. The van der Waals surface area contributed by atoms with Gasteiger partial charge in [0.15, 0.2) is 0 Å². The average molecular weight is 316 g/mol. The van der Waals surface area contributed by atoms with Crippen LogP contribution in [-0.4, -0.2) is 40.8 Å². The van der Waals surface area contributed by atoms with Crippen LogP contribution in [0.5, 0.6) is 5.75 Å². The molecule has 0 spiro atoms. The van der Waals surface area contributed by atoms with Crippen LogP contribution in [0.2, 0.25) is 0 Å². The van der Waals surface area contributed by atoms with Gasteiger partial charge in [0.2, 0.25) is 0 Å². The monoisotopic (exact) mass is 316 g/mol. The number of carbonyl (C=O) groups is 1. The summed E-state index contributed by atoms with van der Waals surface area (Å²) in [6, 6.07) is 8.05. The molecule has 0 aliphatic carbocycles. The Morgan fingerprint density at radius 2 is 2.17 bits per heavy atom. The van der Waals surface area contributed by atoms with Gasteiger partial charge in [0, 0.05) is 18.1 Å². The van der Waals surface area contributed by atoms with Gasteiger partial charge in [-0.3, -0.25) is 0 Å². The fourth-order valence-electron chi connectivity index (χ4n) is 2.93. The molecular formula is C18H24N2O3. The molecule has 2 aromatic rings. The van der Waals surface area contributed by atoms with Gasteiger partial charge in [-0.1, -0.05) is 12.1 Å². The van der Waals surface area contributed by atoms with Gasteiger partial charge in [0.25, 0.3) is 0 Å². The molecule has 5 nitrogen and oxygen atoms in total. The number of carbonyl (C=O) groups excluding carboxylic acids is 1. The van der Waals surface area contributed by atoms with E-state index in [0.29, 0.717) is 6.61 Å². The first-order chi connectivity index (χ1) is 10.9. The number of nitrogens with one attached hydrogen (secondary N) is 1. The van der Waals surface area contributed by atoms with Crippen molar-refractivity contribution in [2.45, 2.75) is 45.3 Å². The van der Waals surface area contributed by atoms with Gasteiger partial charge in [-0.25, -0.2) is 4.79 Å². The highest BCUT2D eigenvalue weighted by Gasteiger charge is 2.32. The average Bonchev–Trinajstić information content (AvgIpc) is 3.12. The number of likely N-dealkylation sites (tertiary alicyclic amines) is 1. The summed E-state index contributed by atoms with van der Waals surface area (Å²) in [4.78, 5) is 17.3. The lowest BCUT2D eigenvalue weighted by Gasteiger charge is -2.28. The highest BCUT2D eigenvalue weighted by molar-refractivity contribution is 5.85. The molecule has 1 amide bonds. The standard InChI is InChI=1S/C18H24N2O3/c1-18(2,3)23-17(21)20-11-5-7-14(20)12-22-15-8-4-6-13-9-10-19-16(13)15/h4,6,8-10,14,19H,5,7,11-12H2,1-3H3/t14-/m0/s1. The zero-order valence-electron chi connectivity index (χ0n) is 14.0. The van der Waals surface area contributed by atoms with E-state index in [9.17, 15) is 4.79 Å². The van der Waals surface area contributed by atoms with Gasteiger partial charge in [-0.2, -0.15) is 0 Å². The molecule has 3 rings (SSSR count). The molecule has 5 heteroatoms. The van der Waals surface area contributed by atoms with Crippen LogP contribution in [-0.2, 0) is 4.74 Å². The summed E-state index contributed by atoms with van der Waals surface area (Å²) in [7, 11) is 0. The molecule has 124 valence electrons. The van der Waals surface area contributed by atoms with Crippen molar-refractivity contribution in [3.05, 3.63) is 30.5 Å². The van der Waals surface area contributed by atoms with Gasteiger partial charge < -0.3 is 19.4 Å². The van der Waals surface area contributed by atoms with Crippen LogP contribution in [0.1, 0.15) is 33.6 Å². The molecule has 1 aromatic carbocycles. The number of aromatic amines is 1. The van der Waals surface area contributed by atoms with Crippen LogP contribution in [0, 0.1) is 0 Å². The molecular weight excluding hydrogens is 292 g/mol. The van der Waals surface area contributed by atoms with Crippen LogP contribution >= 0.6 is 0 Å². The zero-order chi connectivity index (χ0) is 16.4. The number of nitrogens with zero attached hydrogens (tertiary/aromatic N) is 1. The second-order valence-corrected chi connectivity index (χ2v) is 6.98. The molecule has 0 unspecified atom stereocenters. The van der Waals surface area contributed by atoms with Crippen molar-refractivity contribution in [3.63, 3.8) is 0 Å². The minimum absolute atomic E-state index is 0.0649. The molecule has 1 aliphatic heterocycles. The van der Waals surface area contributed by atoms with E-state index in [2.05, 4.69) is 4.98 Å². The van der Waals surface area contributed by atoms with Gasteiger partial charge in [-0.05, 0) is 45.7 Å². The molecule has 2 heterocycles. The van der Waals surface area contributed by atoms with Crippen molar-refractivity contribution < 1.29 is 14.3 Å². The van der Waals surface area contributed by atoms with Gasteiger partial charge >= 0.3 is 6.09 Å². The Bertz CT molecular complexity index is 687. The zero-order valence-corrected chi connectivity index (χ0v) is 14.0. The summed E-state index contributed by atoms with van der Waals surface area (Å²) in [6.45, 7) is 6.88. The van der Waals surface area contributed by atoms with Crippen LogP contribution in [0.15, 0.2) is 30.5 Å². The summed E-state index contributed by atoms with van der Waals surface area (Å²) in [5.74, 6) is 0.823. The summed E-state index contributed by atoms with van der Waals surface area (Å²) in [6.07, 6.45) is 3.58. The normalized spacial score (nSPS) is 18.4. The van der Waals surface area contributed by atoms with Crippen molar-refractivity contribution in [2.75, 3.05) is 13.2 Å². The van der Waals surface area contributed by atoms with Gasteiger partial charge in [0.1, 0.15) is 18.0 Å². The minimum Gasteiger partial charge on any atom is -0.489 e. The lowest BCUT2D eigenvalue weighted by molar-refractivity contribution is 0.0188. The van der Waals surface area contributed by atoms with Crippen molar-refractivity contribution in [1.29, 1.82) is 0 Å². The van der Waals surface area contributed by atoms with E-state index in [1.165, 1.54) is 0 Å². The third-order valence-corrected chi connectivity index (χ3v) is 3.99. The summed E-state index contributed by atoms with van der Waals surface area (Å²) >= 11 is 0. The number of aromatic nitrogens is 1. The highest BCUT2D eigenvalue weighted by Crippen LogP contribution is 2.26. The predicted molar refractivity (Wildman–Crippen MR) is 89.8 cm³/mol. The van der Waals surface area contributed by atoms with E-state index >= 15 is 0 Å². The number of hydrogen-bond acceptors (Lipinski definition) is 3. The van der Waals surface area contributed by atoms with Gasteiger partial charge in [0.05, 0.1) is 11.6 Å². The summed E-state index contributed by atoms with van der Waals surface area (Å²) in [5.41, 5.74) is 0.523. The van der Waals surface area contributed by atoms with Crippen LogP contribution in [0.25, 0.3) is 10.9 Å². The molecule has 0 saturated carbocycles. The summed E-state index contributed by atoms with van der Waals surface area (Å²) in [5, 5.41) is 1.12. The third kappa shape index (κ3) is 3.60. The molecule has 1 saturated heterocycles. The molecule has 1 N–H and O–H groups in total. The smallest absolute Gasteiger partial charge is 0.410 e. The number of ether oxygens (including phenoxy) is 2. The Kier molecular flexibility index (Phi) is 4.20. The van der Waals surface area contributed by atoms with Crippen molar-refractivity contribution in [2.24, 2.45) is 0 Å². The molecule has 1 aromatic heterocycles. The number of benzene rings is 1. The Balaban J connectivity index is 1.65. The number of hydrogen-bond donors (Lipinski definition) is 1. The quantitative estimate of drug-likeness (QED) is 0.933. The first kappa shape index (κ1) is 15.7. The van der Waals surface area contributed by atoms with Crippen LogP contribution in [0.3, 0.4) is 0 Å². The van der Waals surface area contributed by atoms with E-state index in [1.807, 2.05) is 51.2 Å². The summed E-state index contributed by atoms with van der Waals surface area (Å²) < 4.78 is 11.5. The van der Waals surface area contributed by atoms with Crippen LogP contribution < -0.4 is 4.74 Å². The number of rotatable bonds is 3. The van der Waals surface area contributed by atoms with Crippen molar-refractivity contribution >= 4 is 17.0 Å². The first-order valence-electron chi connectivity index (χ1n) is 8.12. The third-order valence-electron chi connectivity index (χ3n) is 3.99. The van der Waals surface area contributed by atoms with Gasteiger partial charge in [-0.15, -0.1) is 0 Å². The molecule has 0 radical (unpaired) electrons. The van der Waals surface area contributed by atoms with E-state index in [-0.39, 0.29) is 12.1 Å². The minimum atomic E-state index is -0.471. The van der Waals surface area contributed by atoms with E-state index in [0.717, 1.165) is 36.0 Å². The SMILES string of the molecule is CC(C)(C)OC(=O)N1CCC[C@H]1COc1cccc2cc[nH]c12.